The first kappa shape index (κ1) is 14.2. The van der Waals surface area contributed by atoms with Gasteiger partial charge < -0.3 is 5.32 Å². The van der Waals surface area contributed by atoms with Gasteiger partial charge in [-0.05, 0) is 38.6 Å². The van der Waals surface area contributed by atoms with Gasteiger partial charge in [0.05, 0.1) is 6.20 Å². The molecule has 0 radical (unpaired) electrons. The molecule has 98 valence electrons. The third kappa shape index (κ3) is 4.15. The Labute approximate surface area is 106 Å². The Kier molecular flexibility index (Phi) is 5.69. The van der Waals surface area contributed by atoms with Gasteiger partial charge >= 0.3 is 0 Å². The average molecular weight is 237 g/mol. The summed E-state index contributed by atoms with van der Waals surface area (Å²) >= 11 is 0. The van der Waals surface area contributed by atoms with Crippen molar-refractivity contribution in [1.82, 2.24) is 15.1 Å². The summed E-state index contributed by atoms with van der Waals surface area (Å²) in [6, 6.07) is 0.464. The first-order chi connectivity index (χ1) is 8.06. The van der Waals surface area contributed by atoms with E-state index in [1.807, 2.05) is 17.9 Å². The zero-order valence-electron chi connectivity index (χ0n) is 12.0. The molecule has 1 aromatic heterocycles. The number of rotatable bonds is 7. The second-order valence-electron chi connectivity index (χ2n) is 5.29. The van der Waals surface area contributed by atoms with E-state index in [2.05, 4.69) is 38.1 Å². The summed E-state index contributed by atoms with van der Waals surface area (Å²) < 4.78 is 1.96. The van der Waals surface area contributed by atoms with Crippen molar-refractivity contribution >= 4 is 0 Å². The molecule has 0 aliphatic heterocycles. The highest BCUT2D eigenvalue weighted by Crippen LogP contribution is 2.23. The lowest BCUT2D eigenvalue weighted by Gasteiger charge is -2.19. The van der Waals surface area contributed by atoms with Crippen molar-refractivity contribution in [1.29, 1.82) is 0 Å². The molecule has 0 aromatic carbocycles. The molecular formula is C14H27N3. The van der Waals surface area contributed by atoms with Crippen LogP contribution in [0.15, 0.2) is 6.20 Å². The molecule has 0 fully saturated rings. The van der Waals surface area contributed by atoms with Gasteiger partial charge in [-0.15, -0.1) is 0 Å². The average Bonchev–Trinajstić information content (AvgIpc) is 2.60. The number of hydrogen-bond acceptors (Lipinski definition) is 2. The Hall–Kier alpha value is -0.830. The summed E-state index contributed by atoms with van der Waals surface area (Å²) in [6.07, 6.45) is 5.65. The van der Waals surface area contributed by atoms with Crippen molar-refractivity contribution in [3.8, 4) is 0 Å². The lowest BCUT2D eigenvalue weighted by molar-refractivity contribution is 0.439. The standard InChI is InChI=1S/C14H27N3/c1-6-9-15-14(8-7-11(2)3)13-10-16-17(5)12(13)4/h10-11,14-15H,6-9H2,1-5H3. The van der Waals surface area contributed by atoms with E-state index in [-0.39, 0.29) is 0 Å². The molecule has 0 saturated heterocycles. The summed E-state index contributed by atoms with van der Waals surface area (Å²) in [5, 5.41) is 7.99. The monoisotopic (exact) mass is 237 g/mol. The zero-order valence-corrected chi connectivity index (χ0v) is 12.0. The van der Waals surface area contributed by atoms with Crippen LogP contribution in [-0.2, 0) is 7.05 Å². The largest absolute Gasteiger partial charge is 0.310 e. The van der Waals surface area contributed by atoms with Gasteiger partial charge in [-0.1, -0.05) is 20.8 Å². The van der Waals surface area contributed by atoms with Crippen molar-refractivity contribution in [3.05, 3.63) is 17.5 Å². The quantitative estimate of drug-likeness (QED) is 0.789. The van der Waals surface area contributed by atoms with Crippen LogP contribution in [0.4, 0.5) is 0 Å². The van der Waals surface area contributed by atoms with Crippen molar-refractivity contribution < 1.29 is 0 Å². The van der Waals surface area contributed by atoms with E-state index in [1.165, 1.54) is 30.5 Å². The molecule has 3 nitrogen and oxygen atoms in total. The Morgan fingerprint density at radius 3 is 2.53 bits per heavy atom. The van der Waals surface area contributed by atoms with Crippen LogP contribution in [0.2, 0.25) is 0 Å². The molecule has 0 aliphatic rings. The van der Waals surface area contributed by atoms with Gasteiger partial charge in [-0.25, -0.2) is 0 Å². The highest BCUT2D eigenvalue weighted by molar-refractivity contribution is 5.20. The number of nitrogens with one attached hydrogen (secondary N) is 1. The van der Waals surface area contributed by atoms with Gasteiger partial charge in [0.2, 0.25) is 0 Å². The number of hydrogen-bond donors (Lipinski definition) is 1. The molecule has 1 heterocycles. The maximum atomic E-state index is 4.35. The van der Waals surface area contributed by atoms with Crippen LogP contribution >= 0.6 is 0 Å². The van der Waals surface area contributed by atoms with Gasteiger partial charge in [0.15, 0.2) is 0 Å². The van der Waals surface area contributed by atoms with E-state index >= 15 is 0 Å². The van der Waals surface area contributed by atoms with Gasteiger partial charge in [0.25, 0.3) is 0 Å². The minimum absolute atomic E-state index is 0.464. The lowest BCUT2D eigenvalue weighted by Crippen LogP contribution is -2.23. The van der Waals surface area contributed by atoms with Crippen LogP contribution in [0, 0.1) is 12.8 Å². The van der Waals surface area contributed by atoms with Crippen LogP contribution in [0.25, 0.3) is 0 Å². The second kappa shape index (κ2) is 6.80. The minimum Gasteiger partial charge on any atom is -0.310 e. The van der Waals surface area contributed by atoms with Crippen molar-refractivity contribution in [2.75, 3.05) is 6.54 Å². The molecule has 0 aliphatic carbocycles. The van der Waals surface area contributed by atoms with E-state index in [0.29, 0.717) is 6.04 Å². The Bertz CT molecular complexity index is 328. The third-order valence-corrected chi connectivity index (χ3v) is 3.32. The first-order valence-corrected chi connectivity index (χ1v) is 6.78. The minimum atomic E-state index is 0.464. The molecule has 0 saturated carbocycles. The number of nitrogens with zero attached hydrogens (tertiary/aromatic N) is 2. The lowest BCUT2D eigenvalue weighted by atomic mass is 9.98. The molecule has 1 rings (SSSR count). The summed E-state index contributed by atoms with van der Waals surface area (Å²) in [5.41, 5.74) is 2.64. The molecule has 0 amide bonds. The maximum absolute atomic E-state index is 4.35. The van der Waals surface area contributed by atoms with E-state index in [4.69, 9.17) is 0 Å². The van der Waals surface area contributed by atoms with Gasteiger partial charge in [-0.3, -0.25) is 4.68 Å². The fourth-order valence-electron chi connectivity index (χ4n) is 2.04. The summed E-state index contributed by atoms with van der Waals surface area (Å²) in [7, 11) is 2.01. The molecule has 1 atom stereocenters. The van der Waals surface area contributed by atoms with Crippen LogP contribution in [0.1, 0.15) is 57.3 Å². The predicted octanol–water partition coefficient (Wildman–Crippen LogP) is 3.21. The second-order valence-corrected chi connectivity index (χ2v) is 5.29. The molecule has 0 spiro atoms. The van der Waals surface area contributed by atoms with Crippen LogP contribution in [0.3, 0.4) is 0 Å². The number of aromatic nitrogens is 2. The Morgan fingerprint density at radius 2 is 2.06 bits per heavy atom. The maximum Gasteiger partial charge on any atom is 0.0540 e. The van der Waals surface area contributed by atoms with E-state index in [0.717, 1.165) is 12.5 Å². The third-order valence-electron chi connectivity index (χ3n) is 3.32. The van der Waals surface area contributed by atoms with Crippen LogP contribution < -0.4 is 5.32 Å². The van der Waals surface area contributed by atoms with E-state index in [9.17, 15) is 0 Å². The topological polar surface area (TPSA) is 29.9 Å². The fraction of sp³-hybridized carbons (Fsp3) is 0.786. The molecule has 0 bridgehead atoms. The normalized spacial score (nSPS) is 13.3. The van der Waals surface area contributed by atoms with Crippen molar-refractivity contribution in [2.24, 2.45) is 13.0 Å². The molecule has 17 heavy (non-hydrogen) atoms. The first-order valence-electron chi connectivity index (χ1n) is 6.78. The predicted molar refractivity (Wildman–Crippen MR) is 73.1 cm³/mol. The smallest absolute Gasteiger partial charge is 0.0540 e. The van der Waals surface area contributed by atoms with Crippen molar-refractivity contribution in [3.63, 3.8) is 0 Å². The molecule has 3 heteroatoms. The van der Waals surface area contributed by atoms with Crippen LogP contribution in [0.5, 0.6) is 0 Å². The fourth-order valence-corrected chi connectivity index (χ4v) is 2.04. The zero-order chi connectivity index (χ0) is 12.8. The van der Waals surface area contributed by atoms with E-state index < -0.39 is 0 Å². The molecule has 1 aromatic rings. The van der Waals surface area contributed by atoms with Crippen molar-refractivity contribution in [2.45, 2.75) is 53.0 Å². The highest BCUT2D eigenvalue weighted by Gasteiger charge is 2.16. The van der Waals surface area contributed by atoms with Gasteiger partial charge in [0, 0.05) is 24.3 Å². The summed E-state index contributed by atoms with van der Waals surface area (Å²) in [5.74, 6) is 0.762. The Balaban J connectivity index is 2.71. The van der Waals surface area contributed by atoms with E-state index in [1.54, 1.807) is 0 Å². The number of aryl methyl sites for hydroxylation is 1. The SMILES string of the molecule is CCCNC(CCC(C)C)c1cnn(C)c1C. The van der Waals surface area contributed by atoms with Gasteiger partial charge in [-0.2, -0.15) is 5.10 Å². The van der Waals surface area contributed by atoms with Gasteiger partial charge in [0.1, 0.15) is 0 Å². The van der Waals surface area contributed by atoms with Crippen LogP contribution in [-0.4, -0.2) is 16.3 Å². The molecule has 1 N–H and O–H groups in total. The summed E-state index contributed by atoms with van der Waals surface area (Å²) in [6.45, 7) is 10.0. The highest BCUT2D eigenvalue weighted by atomic mass is 15.3. The Morgan fingerprint density at radius 1 is 1.35 bits per heavy atom. The molecule has 1 unspecified atom stereocenters. The molecular weight excluding hydrogens is 210 g/mol. The summed E-state index contributed by atoms with van der Waals surface area (Å²) in [4.78, 5) is 0.